The highest BCUT2D eigenvalue weighted by molar-refractivity contribution is 5.20. The molecule has 112 valence electrons. The lowest BCUT2D eigenvalue weighted by Gasteiger charge is -2.36. The molecule has 20 heavy (non-hydrogen) atoms. The molecule has 0 aromatic heterocycles. The van der Waals surface area contributed by atoms with Gasteiger partial charge in [-0.2, -0.15) is 8.78 Å². The molecule has 0 unspecified atom stereocenters. The normalized spacial score (nSPS) is 18.4. The Bertz CT molecular complexity index is 389. The van der Waals surface area contributed by atoms with Crippen molar-refractivity contribution >= 4 is 0 Å². The maximum Gasteiger partial charge on any atom is 0.285 e. The zero-order valence-electron chi connectivity index (χ0n) is 11.8. The smallest absolute Gasteiger partial charge is 0.285 e. The summed E-state index contributed by atoms with van der Waals surface area (Å²) in [5.74, 6) is -2.78. The van der Waals surface area contributed by atoms with Gasteiger partial charge in [0.25, 0.3) is 5.92 Å². The molecular formula is C15H23F2N3. The van der Waals surface area contributed by atoms with Crippen LogP contribution in [0, 0.1) is 0 Å². The molecule has 0 aliphatic carbocycles. The third-order valence-corrected chi connectivity index (χ3v) is 3.76. The number of nitrogens with zero attached hydrogens (tertiary/aromatic N) is 2. The van der Waals surface area contributed by atoms with E-state index in [1.54, 1.807) is 18.2 Å². The minimum atomic E-state index is -2.78. The molecule has 0 amide bonds. The molecule has 0 atom stereocenters. The Morgan fingerprint density at radius 3 is 2.20 bits per heavy atom. The number of rotatable bonds is 6. The molecule has 2 N–H and O–H groups in total. The van der Waals surface area contributed by atoms with E-state index in [0.717, 1.165) is 26.1 Å². The summed E-state index contributed by atoms with van der Waals surface area (Å²) in [6.07, 6.45) is 0.972. The van der Waals surface area contributed by atoms with Gasteiger partial charge in [0.15, 0.2) is 0 Å². The second kappa shape index (κ2) is 7.11. The Kier molecular flexibility index (Phi) is 5.46. The van der Waals surface area contributed by atoms with E-state index in [4.69, 9.17) is 5.73 Å². The minimum absolute atomic E-state index is 0.102. The van der Waals surface area contributed by atoms with Crippen LogP contribution in [0.5, 0.6) is 0 Å². The van der Waals surface area contributed by atoms with Gasteiger partial charge in [-0.05, 0) is 19.5 Å². The van der Waals surface area contributed by atoms with E-state index in [1.165, 1.54) is 12.1 Å². The fourth-order valence-corrected chi connectivity index (χ4v) is 2.54. The molecular weight excluding hydrogens is 260 g/mol. The Labute approximate surface area is 119 Å². The number of hydrogen-bond donors (Lipinski definition) is 1. The standard InChI is InChI=1S/C15H23F2N3/c16-15(17,14-5-2-1-3-6-14)13-20-11-9-19(10-12-20)8-4-7-18/h1-3,5-6H,4,7-13,18H2. The van der Waals surface area contributed by atoms with Crippen molar-refractivity contribution in [3.63, 3.8) is 0 Å². The van der Waals surface area contributed by atoms with Crippen LogP contribution in [-0.2, 0) is 5.92 Å². The first kappa shape index (κ1) is 15.4. The maximum atomic E-state index is 14.2. The summed E-state index contributed by atoms with van der Waals surface area (Å²) in [5, 5.41) is 0. The molecule has 1 heterocycles. The van der Waals surface area contributed by atoms with E-state index in [1.807, 2.05) is 4.90 Å². The van der Waals surface area contributed by atoms with E-state index >= 15 is 0 Å². The Morgan fingerprint density at radius 1 is 1.00 bits per heavy atom. The highest BCUT2D eigenvalue weighted by atomic mass is 19.3. The molecule has 1 saturated heterocycles. The molecule has 3 nitrogen and oxygen atoms in total. The lowest BCUT2D eigenvalue weighted by molar-refractivity contribution is -0.0472. The molecule has 2 rings (SSSR count). The van der Waals surface area contributed by atoms with E-state index in [-0.39, 0.29) is 12.1 Å². The SMILES string of the molecule is NCCCN1CCN(CC(F)(F)c2ccccc2)CC1. The predicted octanol–water partition coefficient (Wildman–Crippen LogP) is 1.74. The van der Waals surface area contributed by atoms with E-state index < -0.39 is 5.92 Å². The van der Waals surface area contributed by atoms with Gasteiger partial charge in [0.1, 0.15) is 0 Å². The third kappa shape index (κ3) is 4.23. The Balaban J connectivity index is 1.83. The number of hydrogen-bond acceptors (Lipinski definition) is 3. The number of piperazine rings is 1. The number of nitrogens with two attached hydrogens (primary N) is 1. The summed E-state index contributed by atoms with van der Waals surface area (Å²) in [5.41, 5.74) is 5.59. The molecule has 1 aliphatic rings. The third-order valence-electron chi connectivity index (χ3n) is 3.76. The molecule has 0 radical (unpaired) electrons. The van der Waals surface area contributed by atoms with Crippen molar-refractivity contribution in [2.45, 2.75) is 12.3 Å². The highest BCUT2D eigenvalue weighted by Gasteiger charge is 2.34. The van der Waals surface area contributed by atoms with Crippen molar-refractivity contribution in [2.75, 3.05) is 45.8 Å². The van der Waals surface area contributed by atoms with Gasteiger partial charge in [0, 0.05) is 31.7 Å². The first-order valence-corrected chi connectivity index (χ1v) is 7.20. The number of alkyl halides is 2. The van der Waals surface area contributed by atoms with E-state index in [2.05, 4.69) is 4.90 Å². The molecule has 1 fully saturated rings. The maximum absolute atomic E-state index is 14.2. The monoisotopic (exact) mass is 283 g/mol. The van der Waals surface area contributed by atoms with Gasteiger partial charge < -0.3 is 10.6 Å². The summed E-state index contributed by atoms with van der Waals surface area (Å²) in [6, 6.07) is 8.08. The summed E-state index contributed by atoms with van der Waals surface area (Å²) < 4.78 is 28.3. The topological polar surface area (TPSA) is 32.5 Å². The number of halogens is 2. The van der Waals surface area contributed by atoms with Crippen molar-refractivity contribution in [1.82, 2.24) is 9.80 Å². The van der Waals surface area contributed by atoms with Crippen LogP contribution in [0.1, 0.15) is 12.0 Å². The zero-order chi connectivity index (χ0) is 14.4. The van der Waals surface area contributed by atoms with Crippen LogP contribution in [-0.4, -0.2) is 55.6 Å². The van der Waals surface area contributed by atoms with Crippen LogP contribution in [0.2, 0.25) is 0 Å². The van der Waals surface area contributed by atoms with Crippen molar-refractivity contribution < 1.29 is 8.78 Å². The first-order chi connectivity index (χ1) is 9.62. The van der Waals surface area contributed by atoms with Crippen molar-refractivity contribution in [1.29, 1.82) is 0 Å². The van der Waals surface area contributed by atoms with Crippen molar-refractivity contribution in [3.8, 4) is 0 Å². The predicted molar refractivity (Wildman–Crippen MR) is 76.9 cm³/mol. The average Bonchev–Trinajstić information content (AvgIpc) is 2.47. The second-order valence-corrected chi connectivity index (χ2v) is 5.33. The molecule has 1 aromatic rings. The molecule has 5 heteroatoms. The van der Waals surface area contributed by atoms with Gasteiger partial charge in [-0.3, -0.25) is 4.90 Å². The van der Waals surface area contributed by atoms with Gasteiger partial charge in [-0.25, -0.2) is 0 Å². The average molecular weight is 283 g/mol. The van der Waals surface area contributed by atoms with Gasteiger partial charge in [-0.1, -0.05) is 30.3 Å². The van der Waals surface area contributed by atoms with Crippen LogP contribution in [0.3, 0.4) is 0 Å². The van der Waals surface area contributed by atoms with Crippen LogP contribution in [0.25, 0.3) is 0 Å². The largest absolute Gasteiger partial charge is 0.330 e. The Morgan fingerprint density at radius 2 is 1.60 bits per heavy atom. The lowest BCUT2D eigenvalue weighted by atomic mass is 10.1. The number of benzene rings is 1. The second-order valence-electron chi connectivity index (χ2n) is 5.33. The van der Waals surface area contributed by atoms with Crippen LogP contribution in [0.4, 0.5) is 8.78 Å². The highest BCUT2D eigenvalue weighted by Crippen LogP contribution is 2.29. The van der Waals surface area contributed by atoms with Gasteiger partial charge in [-0.15, -0.1) is 0 Å². The van der Waals surface area contributed by atoms with Gasteiger partial charge in [0.2, 0.25) is 0 Å². The molecule has 0 spiro atoms. The van der Waals surface area contributed by atoms with Crippen LogP contribution < -0.4 is 5.73 Å². The van der Waals surface area contributed by atoms with E-state index in [0.29, 0.717) is 19.6 Å². The fraction of sp³-hybridized carbons (Fsp3) is 0.600. The van der Waals surface area contributed by atoms with Crippen molar-refractivity contribution in [2.24, 2.45) is 5.73 Å². The fourth-order valence-electron chi connectivity index (χ4n) is 2.54. The van der Waals surface area contributed by atoms with Crippen LogP contribution in [0.15, 0.2) is 30.3 Å². The molecule has 0 bridgehead atoms. The van der Waals surface area contributed by atoms with Gasteiger partial charge >= 0.3 is 0 Å². The summed E-state index contributed by atoms with van der Waals surface area (Å²) in [6.45, 7) is 4.57. The zero-order valence-corrected chi connectivity index (χ0v) is 11.8. The summed E-state index contributed by atoms with van der Waals surface area (Å²) in [7, 11) is 0. The summed E-state index contributed by atoms with van der Waals surface area (Å²) >= 11 is 0. The molecule has 1 aromatic carbocycles. The molecule has 1 aliphatic heterocycles. The minimum Gasteiger partial charge on any atom is -0.330 e. The lowest BCUT2D eigenvalue weighted by Crippen LogP contribution is -2.49. The van der Waals surface area contributed by atoms with Crippen LogP contribution >= 0.6 is 0 Å². The quantitative estimate of drug-likeness (QED) is 0.863. The van der Waals surface area contributed by atoms with Gasteiger partial charge in [0.05, 0.1) is 6.54 Å². The van der Waals surface area contributed by atoms with E-state index in [9.17, 15) is 8.78 Å². The Hall–Kier alpha value is -1.04. The summed E-state index contributed by atoms with van der Waals surface area (Å²) in [4.78, 5) is 4.15. The molecule has 0 saturated carbocycles. The van der Waals surface area contributed by atoms with Crippen molar-refractivity contribution in [3.05, 3.63) is 35.9 Å². The first-order valence-electron chi connectivity index (χ1n) is 7.20.